The van der Waals surface area contributed by atoms with Crippen LogP contribution in [0.4, 0.5) is 14.5 Å². The lowest BCUT2D eigenvalue weighted by Crippen LogP contribution is -3.11. The van der Waals surface area contributed by atoms with Gasteiger partial charge in [-0.05, 0) is 42.0 Å². The highest BCUT2D eigenvalue weighted by Gasteiger charge is 2.16. The largest absolute Gasteiger partial charge is 0.435 e. The van der Waals surface area contributed by atoms with Crippen LogP contribution in [0.15, 0.2) is 54.6 Å². The van der Waals surface area contributed by atoms with Gasteiger partial charge < -0.3 is 20.3 Å². The third kappa shape index (κ3) is 6.93. The molecule has 0 saturated heterocycles. The van der Waals surface area contributed by atoms with E-state index in [0.717, 1.165) is 13.0 Å². The first kappa shape index (κ1) is 20.1. The number of likely N-dealkylation sites (N-methyl/N-ethyl adjacent to an activating group) is 1. The first-order valence-corrected chi connectivity index (χ1v) is 8.78. The molecule has 0 bridgehead atoms. The molecule has 2 rings (SSSR count). The summed E-state index contributed by atoms with van der Waals surface area (Å²) in [5, 5.41) is 6.77. The topological polar surface area (TPSA) is 37.7 Å². The summed E-state index contributed by atoms with van der Waals surface area (Å²) in [7, 11) is 4.24. The van der Waals surface area contributed by atoms with Crippen molar-refractivity contribution in [3.8, 4) is 5.75 Å². The Morgan fingerprint density at radius 3 is 2.31 bits per heavy atom. The molecular formula is C19H24F2N3OS+. The Bertz CT molecular complexity index is 681. The van der Waals surface area contributed by atoms with E-state index in [2.05, 4.69) is 41.6 Å². The maximum absolute atomic E-state index is 12.2. The summed E-state index contributed by atoms with van der Waals surface area (Å²) in [6, 6.07) is 16.9. The van der Waals surface area contributed by atoms with Gasteiger partial charge in [0.05, 0.1) is 20.6 Å². The molecule has 1 atom stereocenters. The molecule has 0 aliphatic carbocycles. The molecule has 140 valence electrons. The monoisotopic (exact) mass is 380 g/mol. The number of quaternary nitrogens is 1. The number of hydrogen-bond acceptors (Lipinski definition) is 2. The maximum Gasteiger partial charge on any atom is 0.387 e. The fourth-order valence-corrected chi connectivity index (χ4v) is 2.69. The van der Waals surface area contributed by atoms with Gasteiger partial charge >= 0.3 is 6.61 Å². The number of anilines is 1. The van der Waals surface area contributed by atoms with Crippen LogP contribution in [0.2, 0.25) is 0 Å². The predicted octanol–water partition coefficient (Wildman–Crippen LogP) is 2.33. The maximum atomic E-state index is 12.2. The fourth-order valence-electron chi connectivity index (χ4n) is 2.49. The molecule has 7 heteroatoms. The van der Waals surface area contributed by atoms with Crippen molar-refractivity contribution in [3.05, 3.63) is 60.2 Å². The molecule has 0 spiro atoms. The smallest absolute Gasteiger partial charge is 0.387 e. The van der Waals surface area contributed by atoms with Gasteiger partial charge in [0.1, 0.15) is 11.8 Å². The number of thiocarbonyl (C=S) groups is 1. The van der Waals surface area contributed by atoms with Gasteiger partial charge in [-0.1, -0.05) is 30.3 Å². The molecule has 0 radical (unpaired) electrons. The van der Waals surface area contributed by atoms with Crippen LogP contribution < -0.4 is 20.3 Å². The summed E-state index contributed by atoms with van der Waals surface area (Å²) in [6.07, 6.45) is 0.943. The molecule has 2 aromatic carbocycles. The molecule has 0 fully saturated rings. The molecule has 0 aliphatic heterocycles. The van der Waals surface area contributed by atoms with Gasteiger partial charge in [-0.3, -0.25) is 0 Å². The molecule has 4 nitrogen and oxygen atoms in total. The van der Waals surface area contributed by atoms with Gasteiger partial charge in [0.25, 0.3) is 0 Å². The Morgan fingerprint density at radius 2 is 1.73 bits per heavy atom. The molecule has 0 saturated carbocycles. The normalized spacial score (nSPS) is 12.1. The lowest BCUT2D eigenvalue weighted by molar-refractivity contribution is -0.884. The molecule has 0 heterocycles. The number of hydrogen-bond donors (Lipinski definition) is 3. The Hall–Kier alpha value is -2.25. The predicted molar refractivity (Wildman–Crippen MR) is 104 cm³/mol. The Balaban J connectivity index is 1.84. The van der Waals surface area contributed by atoms with Crippen LogP contribution >= 0.6 is 12.2 Å². The van der Waals surface area contributed by atoms with E-state index in [-0.39, 0.29) is 5.75 Å². The zero-order chi connectivity index (χ0) is 18.9. The quantitative estimate of drug-likeness (QED) is 0.615. The van der Waals surface area contributed by atoms with Gasteiger partial charge in [0.15, 0.2) is 5.11 Å². The van der Waals surface area contributed by atoms with Crippen molar-refractivity contribution < 1.29 is 18.4 Å². The van der Waals surface area contributed by atoms with E-state index in [1.807, 2.05) is 18.2 Å². The summed E-state index contributed by atoms with van der Waals surface area (Å²) in [5.74, 6) is 0.114. The third-order valence-corrected chi connectivity index (χ3v) is 4.23. The van der Waals surface area contributed by atoms with Crippen LogP contribution in [0.25, 0.3) is 0 Å². The highest BCUT2D eigenvalue weighted by atomic mass is 32.1. The van der Waals surface area contributed by atoms with Crippen LogP contribution in [0, 0.1) is 0 Å². The second-order valence-electron chi connectivity index (χ2n) is 6.20. The average Bonchev–Trinajstić information content (AvgIpc) is 2.60. The number of rotatable bonds is 8. The molecule has 0 aliphatic rings. The Kier molecular flexibility index (Phi) is 7.74. The zero-order valence-electron chi connectivity index (χ0n) is 14.8. The van der Waals surface area contributed by atoms with E-state index in [1.54, 1.807) is 12.1 Å². The minimum Gasteiger partial charge on any atom is -0.435 e. The fraction of sp³-hybridized carbons (Fsp3) is 0.316. The van der Waals surface area contributed by atoms with Crippen molar-refractivity contribution in [2.24, 2.45) is 0 Å². The second-order valence-corrected chi connectivity index (χ2v) is 6.61. The van der Waals surface area contributed by atoms with Gasteiger partial charge in [-0.2, -0.15) is 8.78 Å². The average molecular weight is 380 g/mol. The Morgan fingerprint density at radius 1 is 1.08 bits per heavy atom. The van der Waals surface area contributed by atoms with Crippen molar-refractivity contribution in [2.45, 2.75) is 19.1 Å². The van der Waals surface area contributed by atoms with Crippen LogP contribution in [-0.2, 0) is 6.42 Å². The summed E-state index contributed by atoms with van der Waals surface area (Å²) < 4.78 is 28.6. The molecule has 3 N–H and O–H groups in total. The molecular weight excluding hydrogens is 356 g/mol. The lowest BCUT2D eigenvalue weighted by atomic mass is 10.1. The number of nitrogens with one attached hydrogen (secondary N) is 3. The summed E-state index contributed by atoms with van der Waals surface area (Å²) in [6.45, 7) is -2.11. The highest BCUT2D eigenvalue weighted by molar-refractivity contribution is 7.80. The van der Waals surface area contributed by atoms with Crippen molar-refractivity contribution in [2.75, 3.05) is 26.0 Å². The number of halogens is 2. The summed E-state index contributed by atoms with van der Waals surface area (Å²) in [4.78, 5) is 1.33. The number of alkyl halides is 2. The minimum atomic E-state index is -2.83. The van der Waals surface area contributed by atoms with Crippen LogP contribution in [-0.4, -0.2) is 38.4 Å². The summed E-state index contributed by atoms with van der Waals surface area (Å²) >= 11 is 5.33. The number of benzene rings is 2. The molecule has 26 heavy (non-hydrogen) atoms. The molecule has 0 aromatic heterocycles. The third-order valence-electron chi connectivity index (χ3n) is 3.99. The highest BCUT2D eigenvalue weighted by Crippen LogP contribution is 2.17. The van der Waals surface area contributed by atoms with E-state index in [1.165, 1.54) is 22.6 Å². The van der Waals surface area contributed by atoms with Gasteiger partial charge in [0, 0.05) is 12.1 Å². The first-order valence-electron chi connectivity index (χ1n) is 8.37. The molecule has 2 aromatic rings. The summed E-state index contributed by atoms with van der Waals surface area (Å²) in [5.41, 5.74) is 2.00. The van der Waals surface area contributed by atoms with E-state index in [4.69, 9.17) is 12.2 Å². The second kappa shape index (κ2) is 10.0. The van der Waals surface area contributed by atoms with Crippen LogP contribution in [0.3, 0.4) is 0 Å². The number of ether oxygens (including phenoxy) is 1. The first-order chi connectivity index (χ1) is 12.4. The van der Waals surface area contributed by atoms with Crippen molar-refractivity contribution in [1.82, 2.24) is 5.32 Å². The zero-order valence-corrected chi connectivity index (χ0v) is 15.7. The van der Waals surface area contributed by atoms with E-state index < -0.39 is 6.61 Å². The molecule has 0 amide bonds. The van der Waals surface area contributed by atoms with E-state index in [0.29, 0.717) is 16.8 Å². The SMILES string of the molecule is C[NH+](C)[C@@H](CNC(=S)Nc1ccc(OC(F)F)cc1)Cc1ccccc1. The van der Waals surface area contributed by atoms with Crippen molar-refractivity contribution in [1.29, 1.82) is 0 Å². The minimum absolute atomic E-state index is 0.114. The standard InChI is InChI=1S/C19H23F2N3OS/c1-24(2)16(12-14-6-4-3-5-7-14)13-22-19(26)23-15-8-10-17(11-9-15)25-18(20)21/h3-11,16,18H,12-13H2,1-2H3,(H2,22,23,26)/p+1/t16-/m1/s1. The van der Waals surface area contributed by atoms with Crippen LogP contribution in [0.1, 0.15) is 5.56 Å². The van der Waals surface area contributed by atoms with E-state index in [9.17, 15) is 8.78 Å². The van der Waals surface area contributed by atoms with E-state index >= 15 is 0 Å². The van der Waals surface area contributed by atoms with Crippen molar-refractivity contribution in [3.63, 3.8) is 0 Å². The Labute approximate surface area is 158 Å². The van der Waals surface area contributed by atoms with Gasteiger partial charge in [-0.15, -0.1) is 0 Å². The lowest BCUT2D eigenvalue weighted by Gasteiger charge is -2.23. The molecule has 0 unspecified atom stereocenters. The van der Waals surface area contributed by atoms with Gasteiger partial charge in [-0.25, -0.2) is 0 Å². The van der Waals surface area contributed by atoms with Crippen molar-refractivity contribution >= 4 is 23.0 Å². The van der Waals surface area contributed by atoms with Gasteiger partial charge in [0.2, 0.25) is 0 Å². The van der Waals surface area contributed by atoms with Crippen LogP contribution in [0.5, 0.6) is 5.75 Å².